The molecule has 0 aliphatic carbocycles. The minimum Gasteiger partial charge on any atom is -0.497 e. The molecule has 3 heterocycles. The standard InChI is InChI=1S/C21H22N4O2/c1-24-11-16-10-15(24)12-25(16)21(26)20-18-9-14(5-8-19(18)22-23-20)13-3-6-17(27-2)7-4-13/h3-9,15-16H,10-12H2,1-2H3,(H,22,23)/t15-,16?/m0/s1. The lowest BCUT2D eigenvalue weighted by Crippen LogP contribution is -2.47. The number of hydrogen-bond acceptors (Lipinski definition) is 4. The van der Waals surface area contributed by atoms with Crippen molar-refractivity contribution in [3.63, 3.8) is 0 Å². The van der Waals surface area contributed by atoms with Crippen LogP contribution in [0.5, 0.6) is 5.75 Å². The Morgan fingerprint density at radius 3 is 2.56 bits per heavy atom. The van der Waals surface area contributed by atoms with E-state index in [1.54, 1.807) is 7.11 Å². The second kappa shape index (κ2) is 6.09. The number of likely N-dealkylation sites (tertiary alicyclic amines) is 2. The van der Waals surface area contributed by atoms with E-state index in [9.17, 15) is 4.79 Å². The van der Waals surface area contributed by atoms with Gasteiger partial charge in [0.1, 0.15) is 5.75 Å². The molecule has 2 saturated heterocycles. The molecule has 2 aliphatic rings. The third-order valence-electron chi connectivity index (χ3n) is 5.96. The summed E-state index contributed by atoms with van der Waals surface area (Å²) in [6.45, 7) is 1.75. The first-order valence-corrected chi connectivity index (χ1v) is 9.28. The number of rotatable bonds is 3. The molecule has 1 unspecified atom stereocenters. The van der Waals surface area contributed by atoms with Crippen molar-refractivity contribution in [1.29, 1.82) is 0 Å². The number of amides is 1. The molecule has 1 N–H and O–H groups in total. The Bertz CT molecular complexity index is 1010. The molecule has 3 aromatic rings. The first-order valence-electron chi connectivity index (χ1n) is 9.28. The van der Waals surface area contributed by atoms with E-state index in [0.717, 1.165) is 47.3 Å². The Morgan fingerprint density at radius 1 is 1.11 bits per heavy atom. The van der Waals surface area contributed by atoms with Crippen LogP contribution in [0.1, 0.15) is 16.9 Å². The maximum absolute atomic E-state index is 13.2. The van der Waals surface area contributed by atoms with E-state index in [2.05, 4.69) is 22.1 Å². The van der Waals surface area contributed by atoms with Gasteiger partial charge in [0.2, 0.25) is 0 Å². The number of aromatic amines is 1. The van der Waals surface area contributed by atoms with Crippen molar-refractivity contribution in [2.45, 2.75) is 18.5 Å². The first-order chi connectivity index (χ1) is 13.1. The van der Waals surface area contributed by atoms with Crippen LogP contribution in [0.2, 0.25) is 0 Å². The average molecular weight is 362 g/mol. The quantitative estimate of drug-likeness (QED) is 0.778. The number of likely N-dealkylation sites (N-methyl/N-ethyl adjacent to an activating group) is 1. The molecule has 5 rings (SSSR count). The van der Waals surface area contributed by atoms with Gasteiger partial charge in [0.25, 0.3) is 5.91 Å². The van der Waals surface area contributed by atoms with Crippen molar-refractivity contribution < 1.29 is 9.53 Å². The fraction of sp³-hybridized carbons (Fsp3) is 0.333. The van der Waals surface area contributed by atoms with Crippen molar-refractivity contribution in [1.82, 2.24) is 20.0 Å². The van der Waals surface area contributed by atoms with Gasteiger partial charge in [0, 0.05) is 30.6 Å². The molecule has 6 nitrogen and oxygen atoms in total. The third-order valence-corrected chi connectivity index (χ3v) is 5.96. The summed E-state index contributed by atoms with van der Waals surface area (Å²) in [5, 5.41) is 8.25. The number of carbonyl (C=O) groups is 1. The second-order valence-electron chi connectivity index (χ2n) is 7.50. The van der Waals surface area contributed by atoms with E-state index in [1.807, 2.05) is 47.4 Å². The summed E-state index contributed by atoms with van der Waals surface area (Å²) in [4.78, 5) is 17.5. The van der Waals surface area contributed by atoms with E-state index in [0.29, 0.717) is 17.8 Å². The van der Waals surface area contributed by atoms with Crippen molar-refractivity contribution in [3.05, 3.63) is 48.2 Å². The molecule has 2 fully saturated rings. The third kappa shape index (κ3) is 2.59. The molecular formula is C21H22N4O2. The molecule has 2 atom stereocenters. The van der Waals surface area contributed by atoms with E-state index in [1.165, 1.54) is 0 Å². The highest BCUT2D eigenvalue weighted by Gasteiger charge is 2.44. The predicted octanol–water partition coefficient (Wildman–Crippen LogP) is 2.77. The summed E-state index contributed by atoms with van der Waals surface area (Å²) < 4.78 is 5.23. The van der Waals surface area contributed by atoms with Crippen LogP contribution in [0.25, 0.3) is 22.0 Å². The van der Waals surface area contributed by atoms with Gasteiger partial charge in [-0.05, 0) is 48.9 Å². The van der Waals surface area contributed by atoms with Crippen LogP contribution in [0.15, 0.2) is 42.5 Å². The molecule has 0 saturated carbocycles. The highest BCUT2D eigenvalue weighted by Crippen LogP contribution is 2.32. The number of aromatic nitrogens is 2. The summed E-state index contributed by atoms with van der Waals surface area (Å²) >= 11 is 0. The lowest BCUT2D eigenvalue weighted by atomic mass is 10.0. The van der Waals surface area contributed by atoms with Gasteiger partial charge in [-0.1, -0.05) is 18.2 Å². The molecule has 1 amide bonds. The Kier molecular flexibility index (Phi) is 3.68. The van der Waals surface area contributed by atoms with Crippen LogP contribution >= 0.6 is 0 Å². The number of ether oxygens (including phenoxy) is 1. The monoisotopic (exact) mass is 362 g/mol. The number of benzene rings is 2. The second-order valence-corrected chi connectivity index (χ2v) is 7.50. The Hall–Kier alpha value is -2.86. The molecule has 27 heavy (non-hydrogen) atoms. The van der Waals surface area contributed by atoms with Gasteiger partial charge in [0.15, 0.2) is 5.69 Å². The number of methoxy groups -OCH3 is 1. The van der Waals surface area contributed by atoms with E-state index in [4.69, 9.17) is 4.74 Å². The molecule has 0 radical (unpaired) electrons. The fourth-order valence-corrected chi connectivity index (χ4v) is 4.39. The van der Waals surface area contributed by atoms with Gasteiger partial charge in [0.05, 0.1) is 12.6 Å². The van der Waals surface area contributed by atoms with E-state index in [-0.39, 0.29) is 5.91 Å². The van der Waals surface area contributed by atoms with Gasteiger partial charge >= 0.3 is 0 Å². The summed E-state index contributed by atoms with van der Waals surface area (Å²) in [6.07, 6.45) is 1.07. The van der Waals surface area contributed by atoms with E-state index < -0.39 is 0 Å². The van der Waals surface area contributed by atoms with Crippen LogP contribution < -0.4 is 4.74 Å². The van der Waals surface area contributed by atoms with Gasteiger partial charge in [-0.25, -0.2) is 0 Å². The predicted molar refractivity (Wildman–Crippen MR) is 104 cm³/mol. The highest BCUT2D eigenvalue weighted by molar-refractivity contribution is 6.06. The van der Waals surface area contributed by atoms with Gasteiger partial charge in [-0.15, -0.1) is 0 Å². The van der Waals surface area contributed by atoms with E-state index >= 15 is 0 Å². The Balaban J connectivity index is 1.49. The number of H-pyrrole nitrogens is 1. The maximum Gasteiger partial charge on any atom is 0.275 e. The van der Waals surface area contributed by atoms with Crippen LogP contribution in [-0.2, 0) is 0 Å². The van der Waals surface area contributed by atoms with Crippen LogP contribution in [0.3, 0.4) is 0 Å². The Labute approximate surface area is 157 Å². The average Bonchev–Trinajstić information content (AvgIpc) is 3.40. The van der Waals surface area contributed by atoms with Crippen LogP contribution in [0, 0.1) is 0 Å². The fourth-order valence-electron chi connectivity index (χ4n) is 4.39. The van der Waals surface area contributed by atoms with Gasteiger partial charge in [-0.2, -0.15) is 5.10 Å². The Morgan fingerprint density at radius 2 is 1.89 bits per heavy atom. The summed E-state index contributed by atoms with van der Waals surface area (Å²) in [6, 6.07) is 14.8. The lowest BCUT2D eigenvalue weighted by molar-refractivity contribution is 0.0646. The maximum atomic E-state index is 13.2. The summed E-state index contributed by atoms with van der Waals surface area (Å²) in [5.74, 6) is 0.863. The summed E-state index contributed by atoms with van der Waals surface area (Å²) in [5.41, 5.74) is 3.55. The normalized spacial score (nSPS) is 21.9. The smallest absolute Gasteiger partial charge is 0.275 e. The van der Waals surface area contributed by atoms with Crippen molar-refractivity contribution in [3.8, 4) is 16.9 Å². The first kappa shape index (κ1) is 16.3. The highest BCUT2D eigenvalue weighted by atomic mass is 16.5. The molecule has 2 aliphatic heterocycles. The van der Waals surface area contributed by atoms with Crippen molar-refractivity contribution in [2.75, 3.05) is 27.2 Å². The number of piperazine rings is 1. The topological polar surface area (TPSA) is 61.5 Å². The van der Waals surface area contributed by atoms with Crippen molar-refractivity contribution >= 4 is 16.8 Å². The number of nitrogens with zero attached hydrogens (tertiary/aromatic N) is 3. The molecule has 138 valence electrons. The zero-order valence-corrected chi connectivity index (χ0v) is 15.5. The van der Waals surface area contributed by atoms with Gasteiger partial charge < -0.3 is 9.64 Å². The molecule has 0 spiro atoms. The SMILES string of the molecule is COc1ccc(-c2ccc3[nH]nc(C(=O)N4C[C@@H]5CC4CN5C)c3c2)cc1. The molecule has 6 heteroatoms. The zero-order valence-electron chi connectivity index (χ0n) is 15.5. The molecule has 1 aromatic heterocycles. The zero-order chi connectivity index (χ0) is 18.5. The molecule has 2 aromatic carbocycles. The minimum absolute atomic E-state index is 0.0359. The number of carbonyl (C=O) groups excluding carboxylic acids is 1. The number of nitrogens with one attached hydrogen (secondary N) is 1. The largest absolute Gasteiger partial charge is 0.497 e. The summed E-state index contributed by atoms with van der Waals surface area (Å²) in [7, 11) is 3.80. The number of fused-ring (bicyclic) bond motifs is 3. The van der Waals surface area contributed by atoms with Crippen LogP contribution in [-0.4, -0.2) is 65.2 Å². The lowest BCUT2D eigenvalue weighted by Gasteiger charge is -2.31. The minimum atomic E-state index is 0.0359. The molecular weight excluding hydrogens is 340 g/mol. The van der Waals surface area contributed by atoms with Gasteiger partial charge in [-0.3, -0.25) is 14.8 Å². The van der Waals surface area contributed by atoms with Crippen LogP contribution in [0.4, 0.5) is 0 Å². The number of hydrogen-bond donors (Lipinski definition) is 1. The molecule has 2 bridgehead atoms. The van der Waals surface area contributed by atoms with Crippen molar-refractivity contribution in [2.24, 2.45) is 0 Å².